The predicted octanol–water partition coefficient (Wildman–Crippen LogP) is 1.58. The van der Waals surface area contributed by atoms with Crippen LogP contribution in [0.1, 0.15) is 18.4 Å². The SMILES string of the molecule is CN(CCN)C1CCN(CCc2ccccc2)CC1. The largest absolute Gasteiger partial charge is 0.329 e. The van der Waals surface area contributed by atoms with Gasteiger partial charge in [-0.2, -0.15) is 0 Å². The van der Waals surface area contributed by atoms with Crippen LogP contribution in [0.4, 0.5) is 0 Å². The summed E-state index contributed by atoms with van der Waals surface area (Å²) < 4.78 is 0. The zero-order valence-electron chi connectivity index (χ0n) is 12.1. The van der Waals surface area contributed by atoms with Gasteiger partial charge in [-0.3, -0.25) is 0 Å². The molecule has 1 aliphatic rings. The van der Waals surface area contributed by atoms with Crippen molar-refractivity contribution in [3.8, 4) is 0 Å². The van der Waals surface area contributed by atoms with Crippen LogP contribution in [0, 0.1) is 0 Å². The highest BCUT2D eigenvalue weighted by molar-refractivity contribution is 5.14. The maximum Gasteiger partial charge on any atom is 0.0117 e. The molecule has 106 valence electrons. The van der Waals surface area contributed by atoms with Crippen molar-refractivity contribution in [3.63, 3.8) is 0 Å². The number of hydrogen-bond donors (Lipinski definition) is 1. The lowest BCUT2D eigenvalue weighted by Gasteiger charge is -2.36. The van der Waals surface area contributed by atoms with Crippen LogP contribution in [0.3, 0.4) is 0 Å². The summed E-state index contributed by atoms with van der Waals surface area (Å²) in [4.78, 5) is 5.02. The molecule has 0 spiro atoms. The number of likely N-dealkylation sites (tertiary alicyclic amines) is 1. The fourth-order valence-corrected chi connectivity index (χ4v) is 2.90. The highest BCUT2D eigenvalue weighted by Crippen LogP contribution is 2.15. The van der Waals surface area contributed by atoms with Gasteiger partial charge in [0.2, 0.25) is 0 Å². The minimum Gasteiger partial charge on any atom is -0.329 e. The van der Waals surface area contributed by atoms with Gasteiger partial charge < -0.3 is 15.5 Å². The van der Waals surface area contributed by atoms with Crippen molar-refractivity contribution >= 4 is 0 Å². The van der Waals surface area contributed by atoms with Crippen LogP contribution < -0.4 is 5.73 Å². The van der Waals surface area contributed by atoms with Gasteiger partial charge in [0, 0.05) is 25.7 Å². The second-order valence-electron chi connectivity index (χ2n) is 5.58. The zero-order valence-corrected chi connectivity index (χ0v) is 12.1. The molecule has 1 saturated heterocycles. The number of nitrogens with zero attached hydrogens (tertiary/aromatic N) is 2. The summed E-state index contributed by atoms with van der Waals surface area (Å²) in [5, 5.41) is 0. The summed E-state index contributed by atoms with van der Waals surface area (Å²) in [6.45, 7) is 5.44. The van der Waals surface area contributed by atoms with E-state index >= 15 is 0 Å². The van der Waals surface area contributed by atoms with Crippen molar-refractivity contribution < 1.29 is 0 Å². The van der Waals surface area contributed by atoms with Gasteiger partial charge in [0.1, 0.15) is 0 Å². The number of hydrogen-bond acceptors (Lipinski definition) is 3. The highest BCUT2D eigenvalue weighted by Gasteiger charge is 2.21. The molecule has 1 aromatic carbocycles. The van der Waals surface area contributed by atoms with Gasteiger partial charge in [0.15, 0.2) is 0 Å². The van der Waals surface area contributed by atoms with Gasteiger partial charge in [0.25, 0.3) is 0 Å². The lowest BCUT2D eigenvalue weighted by atomic mass is 10.0. The standard InChI is InChI=1S/C16H27N3/c1-18(14-10-17)16-8-12-19(13-9-16)11-7-15-5-3-2-4-6-15/h2-6,16H,7-14,17H2,1H3. The Hall–Kier alpha value is -0.900. The molecule has 0 unspecified atom stereocenters. The van der Waals surface area contributed by atoms with E-state index in [1.807, 2.05) is 0 Å². The number of rotatable bonds is 6. The van der Waals surface area contributed by atoms with Crippen LogP contribution in [-0.2, 0) is 6.42 Å². The summed E-state index contributed by atoms with van der Waals surface area (Å²) in [5.74, 6) is 0. The van der Waals surface area contributed by atoms with E-state index in [0.717, 1.165) is 19.1 Å². The molecule has 19 heavy (non-hydrogen) atoms. The summed E-state index contributed by atoms with van der Waals surface area (Å²) in [5.41, 5.74) is 7.07. The number of piperidine rings is 1. The fraction of sp³-hybridized carbons (Fsp3) is 0.625. The van der Waals surface area contributed by atoms with Crippen LogP contribution in [-0.4, -0.2) is 55.6 Å². The molecule has 0 bridgehead atoms. The maximum atomic E-state index is 5.62. The van der Waals surface area contributed by atoms with Crippen LogP contribution >= 0.6 is 0 Å². The van der Waals surface area contributed by atoms with Crippen LogP contribution in [0.5, 0.6) is 0 Å². The average molecular weight is 261 g/mol. The molecular formula is C16H27N3. The van der Waals surface area contributed by atoms with E-state index in [1.54, 1.807) is 0 Å². The minimum absolute atomic E-state index is 0.733. The first-order valence-corrected chi connectivity index (χ1v) is 7.46. The molecule has 0 amide bonds. The molecule has 0 aromatic heterocycles. The first-order chi connectivity index (χ1) is 9.29. The molecule has 1 aliphatic heterocycles. The van der Waals surface area contributed by atoms with Gasteiger partial charge in [-0.25, -0.2) is 0 Å². The van der Waals surface area contributed by atoms with Crippen molar-refractivity contribution in [2.45, 2.75) is 25.3 Å². The molecule has 2 N–H and O–H groups in total. The summed E-state index contributed by atoms with van der Waals surface area (Å²) in [6.07, 6.45) is 3.74. The average Bonchev–Trinajstić information content (AvgIpc) is 2.47. The van der Waals surface area contributed by atoms with Gasteiger partial charge in [-0.15, -0.1) is 0 Å². The van der Waals surface area contributed by atoms with Crippen molar-refractivity contribution in [3.05, 3.63) is 35.9 Å². The highest BCUT2D eigenvalue weighted by atomic mass is 15.2. The molecule has 1 heterocycles. The number of nitrogens with two attached hydrogens (primary N) is 1. The van der Waals surface area contributed by atoms with Crippen molar-refractivity contribution in [2.75, 3.05) is 39.8 Å². The zero-order chi connectivity index (χ0) is 13.5. The van der Waals surface area contributed by atoms with E-state index in [0.29, 0.717) is 0 Å². The van der Waals surface area contributed by atoms with Crippen LogP contribution in [0.2, 0.25) is 0 Å². The summed E-state index contributed by atoms with van der Waals surface area (Å²) in [7, 11) is 2.21. The molecule has 3 nitrogen and oxygen atoms in total. The Morgan fingerprint density at radius 3 is 2.53 bits per heavy atom. The minimum atomic E-state index is 0.733. The Morgan fingerprint density at radius 2 is 1.89 bits per heavy atom. The molecule has 1 fully saturated rings. The fourth-order valence-electron chi connectivity index (χ4n) is 2.90. The Labute approximate surface area is 117 Å². The molecule has 0 radical (unpaired) electrons. The third kappa shape index (κ3) is 4.60. The first kappa shape index (κ1) is 14.5. The van der Waals surface area contributed by atoms with Crippen molar-refractivity contribution in [1.82, 2.24) is 9.80 Å². The smallest absolute Gasteiger partial charge is 0.0117 e. The third-order valence-electron chi connectivity index (χ3n) is 4.22. The second kappa shape index (κ2) is 7.63. The molecule has 0 saturated carbocycles. The Bertz CT molecular complexity index is 344. The van der Waals surface area contributed by atoms with E-state index in [9.17, 15) is 0 Å². The normalized spacial score (nSPS) is 18.1. The van der Waals surface area contributed by atoms with E-state index < -0.39 is 0 Å². The van der Waals surface area contributed by atoms with E-state index in [4.69, 9.17) is 5.73 Å². The van der Waals surface area contributed by atoms with E-state index in [-0.39, 0.29) is 0 Å². The lowest BCUT2D eigenvalue weighted by Crippen LogP contribution is -2.45. The molecule has 0 atom stereocenters. The number of likely N-dealkylation sites (N-methyl/N-ethyl adjacent to an activating group) is 1. The Morgan fingerprint density at radius 1 is 1.21 bits per heavy atom. The molecule has 0 aliphatic carbocycles. The Kier molecular flexibility index (Phi) is 5.83. The third-order valence-corrected chi connectivity index (χ3v) is 4.22. The van der Waals surface area contributed by atoms with Gasteiger partial charge >= 0.3 is 0 Å². The topological polar surface area (TPSA) is 32.5 Å². The summed E-state index contributed by atoms with van der Waals surface area (Å²) in [6, 6.07) is 11.5. The molecule has 3 heteroatoms. The van der Waals surface area contributed by atoms with Crippen LogP contribution in [0.15, 0.2) is 30.3 Å². The van der Waals surface area contributed by atoms with Gasteiger partial charge in [0.05, 0.1) is 0 Å². The van der Waals surface area contributed by atoms with Gasteiger partial charge in [-0.05, 0) is 45.0 Å². The van der Waals surface area contributed by atoms with Gasteiger partial charge in [-0.1, -0.05) is 30.3 Å². The monoisotopic (exact) mass is 261 g/mol. The maximum absolute atomic E-state index is 5.62. The second-order valence-corrected chi connectivity index (χ2v) is 5.58. The van der Waals surface area contributed by atoms with E-state index in [2.05, 4.69) is 47.2 Å². The first-order valence-electron chi connectivity index (χ1n) is 7.46. The van der Waals surface area contributed by atoms with Crippen molar-refractivity contribution in [1.29, 1.82) is 0 Å². The molecule has 1 aromatic rings. The van der Waals surface area contributed by atoms with Crippen molar-refractivity contribution in [2.24, 2.45) is 5.73 Å². The number of benzene rings is 1. The molecular weight excluding hydrogens is 234 g/mol. The quantitative estimate of drug-likeness (QED) is 0.844. The lowest BCUT2D eigenvalue weighted by molar-refractivity contribution is 0.131. The summed E-state index contributed by atoms with van der Waals surface area (Å²) >= 11 is 0. The predicted molar refractivity (Wildman–Crippen MR) is 81.3 cm³/mol. The molecule has 2 rings (SSSR count). The Balaban J connectivity index is 1.69. The van der Waals surface area contributed by atoms with E-state index in [1.165, 1.54) is 44.5 Å². The van der Waals surface area contributed by atoms with Crippen LogP contribution in [0.25, 0.3) is 0 Å².